The summed E-state index contributed by atoms with van der Waals surface area (Å²) in [6.07, 6.45) is 2.14. The van der Waals surface area contributed by atoms with Crippen molar-refractivity contribution in [3.63, 3.8) is 0 Å². The van der Waals surface area contributed by atoms with Gasteiger partial charge < -0.3 is 4.74 Å². The highest BCUT2D eigenvalue weighted by Crippen LogP contribution is 2.34. The summed E-state index contributed by atoms with van der Waals surface area (Å²) in [7, 11) is 3.33. The van der Waals surface area contributed by atoms with E-state index in [1.165, 1.54) is 7.11 Å². The zero-order valence-corrected chi connectivity index (χ0v) is 15.3. The van der Waals surface area contributed by atoms with E-state index in [1.54, 1.807) is 0 Å². The van der Waals surface area contributed by atoms with Crippen LogP contribution in [0.5, 0.6) is 0 Å². The molecule has 2 heterocycles. The molecule has 0 fully saturated rings. The van der Waals surface area contributed by atoms with Crippen molar-refractivity contribution in [3.8, 4) is 0 Å². The minimum Gasteiger partial charge on any atom is -0.469 e. The third-order valence-electron chi connectivity index (χ3n) is 4.17. The Hall–Kier alpha value is -1.98. The number of carbonyl (C=O) groups excluding carboxylic acids is 1. The van der Waals surface area contributed by atoms with Crippen LogP contribution in [0.25, 0.3) is 5.82 Å². The largest absolute Gasteiger partial charge is 0.469 e. The van der Waals surface area contributed by atoms with Crippen LogP contribution in [0.2, 0.25) is 5.02 Å². The van der Waals surface area contributed by atoms with Gasteiger partial charge in [0, 0.05) is 11.0 Å². The quantitative estimate of drug-likeness (QED) is 0.609. The number of methoxy groups -OCH3 is 1. The fourth-order valence-electron chi connectivity index (χ4n) is 3.10. The standard InChI is InChI=1S/C18H21ClN3O2/c1-18(2,3)16-11(9-14(23)24-5)10-22(4)17(20-16)12-7-6-8-13(19)15(12)21-22/h6-8,10H,9H2,1-5H3/q+1. The van der Waals surface area contributed by atoms with Gasteiger partial charge in [-0.05, 0) is 12.1 Å². The Labute approximate surface area is 146 Å². The lowest BCUT2D eigenvalue weighted by atomic mass is 9.83. The Morgan fingerprint density at radius 1 is 1.33 bits per heavy atom. The fraction of sp³-hybridized carbons (Fsp3) is 0.389. The Morgan fingerprint density at radius 2 is 2.04 bits per heavy atom. The third-order valence-corrected chi connectivity index (χ3v) is 4.47. The molecule has 0 saturated heterocycles. The molecule has 0 aliphatic carbocycles. The van der Waals surface area contributed by atoms with Crippen molar-refractivity contribution >= 4 is 29.1 Å². The van der Waals surface area contributed by atoms with Gasteiger partial charge >= 0.3 is 5.97 Å². The normalized spacial score (nSPS) is 22.2. The van der Waals surface area contributed by atoms with Gasteiger partial charge in [0.25, 0.3) is 5.82 Å². The summed E-state index contributed by atoms with van der Waals surface area (Å²) >= 11 is 6.31. The van der Waals surface area contributed by atoms with Gasteiger partial charge in [0.05, 0.1) is 29.5 Å². The second-order valence-electron chi connectivity index (χ2n) is 7.20. The fourth-order valence-corrected chi connectivity index (χ4v) is 3.31. The molecule has 5 nitrogen and oxygen atoms in total. The van der Waals surface area contributed by atoms with Gasteiger partial charge in [0.2, 0.25) is 0 Å². The molecule has 1 atom stereocenters. The molecule has 24 heavy (non-hydrogen) atoms. The molecule has 0 radical (unpaired) electrons. The maximum Gasteiger partial charge on any atom is 0.310 e. The number of rotatable bonds is 2. The van der Waals surface area contributed by atoms with Crippen LogP contribution in [0.4, 0.5) is 0 Å². The van der Waals surface area contributed by atoms with Crippen LogP contribution in [0.15, 0.2) is 40.1 Å². The van der Waals surface area contributed by atoms with E-state index in [0.29, 0.717) is 5.02 Å². The summed E-state index contributed by atoms with van der Waals surface area (Å²) in [6.45, 7) is 6.24. The van der Waals surface area contributed by atoms with Crippen molar-refractivity contribution in [2.45, 2.75) is 27.2 Å². The number of aliphatic imine (C=N–C) groups is 1. The van der Waals surface area contributed by atoms with Crippen LogP contribution >= 0.6 is 11.6 Å². The maximum absolute atomic E-state index is 11.8. The first-order chi connectivity index (χ1) is 11.2. The van der Waals surface area contributed by atoms with Gasteiger partial charge in [-0.15, -0.1) is 4.59 Å². The van der Waals surface area contributed by atoms with Crippen molar-refractivity contribution in [3.05, 3.63) is 45.6 Å². The number of nitrogens with zero attached hydrogens (tertiary/aromatic N) is 3. The summed E-state index contributed by atoms with van der Waals surface area (Å²) in [5.41, 5.74) is 1.51. The number of esters is 1. The van der Waals surface area contributed by atoms with Crippen LogP contribution in [0.1, 0.15) is 27.2 Å². The highest BCUT2D eigenvalue weighted by molar-refractivity contribution is 6.30. The molecule has 0 N–H and O–H groups in total. The monoisotopic (exact) mass is 346 g/mol. The van der Waals surface area contributed by atoms with Crippen molar-refractivity contribution in [1.29, 1.82) is 0 Å². The molecule has 0 bridgehead atoms. The second kappa shape index (κ2) is 5.53. The van der Waals surface area contributed by atoms with Crippen molar-refractivity contribution in [1.82, 2.24) is 0 Å². The van der Waals surface area contributed by atoms with Gasteiger partial charge in [-0.2, -0.15) is 4.99 Å². The lowest BCUT2D eigenvalue weighted by Gasteiger charge is -2.31. The molecule has 1 unspecified atom stereocenters. The molecule has 126 valence electrons. The van der Waals surface area contributed by atoms with E-state index in [4.69, 9.17) is 26.4 Å². The predicted octanol–water partition coefficient (Wildman–Crippen LogP) is 2.35. The van der Waals surface area contributed by atoms with E-state index < -0.39 is 0 Å². The third kappa shape index (κ3) is 2.68. The van der Waals surface area contributed by atoms with Crippen molar-refractivity contribution < 1.29 is 14.1 Å². The number of quaternary nitrogens is 1. The molecular formula is C18H21ClN3O2+. The van der Waals surface area contributed by atoms with Gasteiger partial charge in [0.1, 0.15) is 13.2 Å². The average molecular weight is 347 g/mol. The number of carbonyl (C=O) groups is 1. The summed E-state index contributed by atoms with van der Waals surface area (Å²) in [6, 6.07) is 5.70. The van der Waals surface area contributed by atoms with E-state index in [1.807, 2.05) is 31.4 Å². The number of benzene rings is 1. The van der Waals surface area contributed by atoms with Crippen LogP contribution in [-0.4, -0.2) is 30.4 Å². The van der Waals surface area contributed by atoms with E-state index in [9.17, 15) is 4.79 Å². The molecule has 0 amide bonds. The SMILES string of the molecule is COC(=O)CC1=C[N+]2(C)N=c3c(Cl)cccc3=C2N=C1C(C)(C)C. The van der Waals surface area contributed by atoms with Crippen molar-refractivity contribution in [2.24, 2.45) is 15.5 Å². The first kappa shape index (κ1) is 16.9. The van der Waals surface area contributed by atoms with Gasteiger partial charge in [-0.3, -0.25) is 4.79 Å². The molecule has 6 heteroatoms. The van der Waals surface area contributed by atoms with Crippen LogP contribution in [0.3, 0.4) is 0 Å². The highest BCUT2D eigenvalue weighted by atomic mass is 35.5. The summed E-state index contributed by atoms with van der Waals surface area (Å²) in [5.74, 6) is 0.536. The van der Waals surface area contributed by atoms with Crippen LogP contribution in [0, 0.1) is 5.41 Å². The first-order valence-corrected chi connectivity index (χ1v) is 8.17. The minimum atomic E-state index is -0.289. The first-order valence-electron chi connectivity index (χ1n) is 7.80. The maximum atomic E-state index is 11.8. The van der Waals surface area contributed by atoms with Gasteiger partial charge in [-0.1, -0.05) is 43.5 Å². The lowest BCUT2D eigenvalue weighted by Crippen LogP contribution is -2.38. The predicted molar refractivity (Wildman–Crippen MR) is 93.4 cm³/mol. The zero-order valence-electron chi connectivity index (χ0n) is 14.6. The number of hydrogen-bond donors (Lipinski definition) is 0. The molecule has 1 aromatic carbocycles. The Morgan fingerprint density at radius 3 is 2.67 bits per heavy atom. The lowest BCUT2D eigenvalue weighted by molar-refractivity contribution is -0.796. The smallest absolute Gasteiger partial charge is 0.310 e. The van der Waals surface area contributed by atoms with E-state index in [2.05, 4.69) is 20.8 Å². The molecule has 3 rings (SSSR count). The van der Waals surface area contributed by atoms with Crippen LogP contribution in [-0.2, 0) is 9.53 Å². The topological polar surface area (TPSA) is 51.0 Å². The summed E-state index contributed by atoms with van der Waals surface area (Å²) in [4.78, 5) is 16.8. The zero-order chi connectivity index (χ0) is 17.7. The molecule has 0 spiro atoms. The Bertz CT molecular complexity index is 909. The molecule has 2 aliphatic rings. The molecule has 0 saturated carbocycles. The Balaban J connectivity index is 2.27. The molecular weight excluding hydrogens is 326 g/mol. The molecule has 0 aromatic heterocycles. The van der Waals surface area contributed by atoms with E-state index in [0.717, 1.165) is 27.7 Å². The minimum absolute atomic E-state index is 0.158. The molecule has 1 aromatic rings. The van der Waals surface area contributed by atoms with E-state index in [-0.39, 0.29) is 22.4 Å². The number of ether oxygens (including phenoxy) is 1. The summed E-state index contributed by atoms with van der Waals surface area (Å²) in [5, 5.41) is 7.01. The average Bonchev–Trinajstić information content (AvgIpc) is 2.78. The van der Waals surface area contributed by atoms with Gasteiger partial charge in [0.15, 0.2) is 5.36 Å². The number of fused-ring (bicyclic) bond motifs is 2. The molecule has 2 aliphatic heterocycles. The Kier molecular flexibility index (Phi) is 3.89. The number of halogens is 1. The van der Waals surface area contributed by atoms with Crippen LogP contribution < -0.4 is 10.6 Å². The van der Waals surface area contributed by atoms with Crippen molar-refractivity contribution in [2.75, 3.05) is 14.2 Å². The highest BCUT2D eigenvalue weighted by Gasteiger charge is 2.41. The summed E-state index contributed by atoms with van der Waals surface area (Å²) < 4.78 is 5.00. The van der Waals surface area contributed by atoms with Gasteiger partial charge in [-0.25, -0.2) is 0 Å². The van der Waals surface area contributed by atoms with E-state index >= 15 is 0 Å². The number of hydrogen-bond acceptors (Lipinski definition) is 4. The second-order valence-corrected chi connectivity index (χ2v) is 7.61.